The molecule has 51 heavy (non-hydrogen) atoms. The van der Waals surface area contributed by atoms with Gasteiger partial charge in [-0.1, -0.05) is 31.5 Å². The lowest BCUT2D eigenvalue weighted by Crippen LogP contribution is -2.50. The molecule has 1 saturated heterocycles. The number of carbonyl (C=O) groups is 5. The molecule has 3 N–H and O–H groups in total. The van der Waals surface area contributed by atoms with Crippen molar-refractivity contribution in [3.8, 4) is 5.75 Å². The number of ether oxygens (including phenoxy) is 2. The highest BCUT2D eigenvalue weighted by molar-refractivity contribution is 7.39. The van der Waals surface area contributed by atoms with Crippen LogP contribution in [-0.4, -0.2) is 61.8 Å². The van der Waals surface area contributed by atoms with Crippen LogP contribution in [0.15, 0.2) is 24.3 Å². The van der Waals surface area contributed by atoms with E-state index in [-0.39, 0.29) is 48.9 Å². The van der Waals surface area contributed by atoms with Crippen LogP contribution in [0.25, 0.3) is 0 Å². The minimum atomic E-state index is -4.67. The van der Waals surface area contributed by atoms with Gasteiger partial charge in [0.15, 0.2) is 0 Å². The average Bonchev–Trinajstić information content (AvgIpc) is 3.71. The second-order valence-electron chi connectivity index (χ2n) is 13.6. The number of benzene rings is 2. The minimum absolute atomic E-state index is 0.0171. The Labute approximate surface area is 297 Å². The van der Waals surface area contributed by atoms with E-state index in [0.717, 1.165) is 17.2 Å². The van der Waals surface area contributed by atoms with Gasteiger partial charge in [0.05, 0.1) is 17.0 Å². The molecule has 5 amide bonds. The third kappa shape index (κ3) is 8.09. The number of rotatable bonds is 11. The van der Waals surface area contributed by atoms with E-state index in [0.29, 0.717) is 29.5 Å². The van der Waals surface area contributed by atoms with Crippen LogP contribution in [0.4, 0.5) is 22.8 Å². The lowest BCUT2D eigenvalue weighted by atomic mass is 9.78. The summed E-state index contributed by atoms with van der Waals surface area (Å²) in [7, 11) is -2.74. The van der Waals surface area contributed by atoms with Gasteiger partial charge in [-0.2, -0.15) is 18.1 Å². The minimum Gasteiger partial charge on any atom is -0.428 e. The number of urea groups is 1. The fourth-order valence-corrected chi connectivity index (χ4v) is 7.54. The maximum atomic E-state index is 13.6. The van der Waals surface area contributed by atoms with Crippen molar-refractivity contribution in [2.24, 2.45) is 5.92 Å². The number of carbonyl (C=O) groups excluding carboxylic acids is 5. The number of imide groups is 3. The summed E-state index contributed by atoms with van der Waals surface area (Å²) in [4.78, 5) is 85.8. The molecule has 2 aromatic carbocycles. The summed E-state index contributed by atoms with van der Waals surface area (Å²) in [6.07, 6.45) is -5.66. The molecule has 5 rings (SSSR count). The van der Waals surface area contributed by atoms with Crippen molar-refractivity contribution in [2.45, 2.75) is 90.0 Å². The predicted octanol–water partition coefficient (Wildman–Crippen LogP) is 5.89. The molecule has 2 fully saturated rings. The number of nitrogens with one attached hydrogen (secondary N) is 1. The van der Waals surface area contributed by atoms with Gasteiger partial charge < -0.3 is 34.0 Å². The number of fused-ring (bicyclic) bond motifs is 1. The number of hydrogen-bond donors (Lipinski definition) is 3. The van der Waals surface area contributed by atoms with E-state index in [2.05, 4.69) is 5.32 Å². The van der Waals surface area contributed by atoms with E-state index in [1.165, 1.54) is 11.0 Å². The lowest BCUT2D eigenvalue weighted by Gasteiger charge is -2.29. The Morgan fingerprint density at radius 1 is 1.04 bits per heavy atom. The fourth-order valence-electron chi connectivity index (χ4n) is 6.93. The van der Waals surface area contributed by atoms with Crippen molar-refractivity contribution in [1.82, 2.24) is 15.1 Å². The summed E-state index contributed by atoms with van der Waals surface area (Å²) in [5.41, 5.74) is -0.720. The van der Waals surface area contributed by atoms with Crippen molar-refractivity contribution in [3.63, 3.8) is 0 Å². The Morgan fingerprint density at radius 3 is 2.29 bits per heavy atom. The Balaban J connectivity index is 1.17. The highest BCUT2D eigenvalue weighted by Crippen LogP contribution is 2.46. The number of aryl methyl sites for hydroxylation is 2. The van der Waals surface area contributed by atoms with E-state index in [1.54, 1.807) is 33.8 Å². The molecule has 13 nitrogen and oxygen atoms in total. The van der Waals surface area contributed by atoms with Gasteiger partial charge in [0, 0.05) is 30.5 Å². The molecule has 1 unspecified atom stereocenters. The number of nitrogens with zero attached hydrogens (tertiary/aromatic N) is 2. The normalized spacial score (nSPS) is 19.0. The molecule has 0 bridgehead atoms. The molecule has 2 heterocycles. The summed E-state index contributed by atoms with van der Waals surface area (Å²) in [5, 5.41) is 2.07. The van der Waals surface area contributed by atoms with Gasteiger partial charge in [0.1, 0.15) is 11.3 Å². The molecule has 2 aliphatic heterocycles. The molecule has 276 valence electrons. The van der Waals surface area contributed by atoms with E-state index in [4.69, 9.17) is 25.6 Å². The average molecular weight is 758 g/mol. The molecule has 1 aliphatic carbocycles. The third-order valence-corrected chi connectivity index (χ3v) is 9.94. The van der Waals surface area contributed by atoms with Crippen molar-refractivity contribution in [2.75, 3.05) is 6.79 Å². The Kier molecular flexibility index (Phi) is 10.7. The lowest BCUT2D eigenvalue weighted by molar-refractivity contribution is -0.153. The van der Waals surface area contributed by atoms with Crippen molar-refractivity contribution >= 4 is 50.1 Å². The number of esters is 1. The molecule has 3 aliphatic rings. The van der Waals surface area contributed by atoms with Crippen LogP contribution in [0.1, 0.15) is 79.3 Å². The molecule has 1 atom stereocenters. The molecular formula is C33H36ClF3N3O10P. The Hall–Kier alpha value is -3.98. The van der Waals surface area contributed by atoms with Crippen LogP contribution < -0.4 is 9.84 Å². The predicted molar refractivity (Wildman–Crippen MR) is 174 cm³/mol. The smallest absolute Gasteiger partial charge is 0.427 e. The first-order chi connectivity index (χ1) is 23.7. The molecule has 0 spiro atoms. The van der Waals surface area contributed by atoms with Crippen molar-refractivity contribution in [3.05, 3.63) is 62.7 Å². The van der Waals surface area contributed by atoms with Gasteiger partial charge in [-0.05, 0) is 79.5 Å². The van der Waals surface area contributed by atoms with Crippen LogP contribution in [0, 0.1) is 19.8 Å². The van der Waals surface area contributed by atoms with Gasteiger partial charge >= 0.3 is 32.9 Å². The van der Waals surface area contributed by atoms with Crippen LogP contribution in [0.2, 0.25) is 5.02 Å². The van der Waals surface area contributed by atoms with E-state index < -0.39 is 73.0 Å². The number of alkyl halides is 3. The zero-order valence-corrected chi connectivity index (χ0v) is 29.7. The molecule has 0 aromatic heterocycles. The van der Waals surface area contributed by atoms with Crippen LogP contribution in [0.3, 0.4) is 0 Å². The highest BCUT2D eigenvalue weighted by atomic mass is 35.5. The first kappa shape index (κ1) is 38.3. The first-order valence-electron chi connectivity index (χ1n) is 15.9. The van der Waals surface area contributed by atoms with Gasteiger partial charge in [-0.3, -0.25) is 14.4 Å². The fraction of sp³-hybridized carbons (Fsp3) is 0.485. The molecule has 1 saturated carbocycles. The topological polar surface area (TPSA) is 172 Å². The van der Waals surface area contributed by atoms with E-state index in [9.17, 15) is 46.9 Å². The van der Waals surface area contributed by atoms with Crippen molar-refractivity contribution in [1.29, 1.82) is 0 Å². The van der Waals surface area contributed by atoms with Crippen molar-refractivity contribution < 1.29 is 60.9 Å². The second kappa shape index (κ2) is 14.2. The summed E-state index contributed by atoms with van der Waals surface area (Å²) in [6.45, 7) is 5.98. The molecule has 18 heteroatoms. The molecular weight excluding hydrogens is 722 g/mol. The summed E-state index contributed by atoms with van der Waals surface area (Å²) in [6, 6.07) is 4.46. The standard InChI is InChI=1S/C33H36ClF3N3O10P/c1-17-9-18(2)27(24(10-17)50-51(46)47)31(3,4)13-26(42)48-16-49-30(45)40-28(43)32(21-5-6-21,38-29(40)44)8-7-25(41)39-14-19-11-22(33(35,36)37)23(34)12-20(19)15-39/h9-12,21,46-47H,5-8,13-16H2,1-4H3,(H,38,44). The third-order valence-electron chi connectivity index (χ3n) is 9.27. The number of halogens is 4. The SMILES string of the molecule is Cc1cc(C)c(C(C)(C)CC(=O)OCOC(=O)N2C(=O)NC(CCC(=O)N3Cc4cc(Cl)c(C(F)(F)F)cc4C3)(C3CC3)C2=O)c(OP(O)O)c1. The van der Waals surface area contributed by atoms with Crippen LogP contribution >= 0.6 is 20.2 Å². The summed E-state index contributed by atoms with van der Waals surface area (Å²) >= 11 is 5.83. The first-order valence-corrected chi connectivity index (χ1v) is 17.4. The van der Waals surface area contributed by atoms with Crippen LogP contribution in [-0.2, 0) is 48.5 Å². The largest absolute Gasteiger partial charge is 0.428 e. The maximum absolute atomic E-state index is 13.6. The number of amides is 5. The number of hydrogen-bond acceptors (Lipinski definition) is 10. The maximum Gasteiger partial charge on any atom is 0.427 e. The van der Waals surface area contributed by atoms with Gasteiger partial charge in [0.25, 0.3) is 5.91 Å². The van der Waals surface area contributed by atoms with E-state index in [1.807, 2.05) is 6.07 Å². The summed E-state index contributed by atoms with van der Waals surface area (Å²) in [5.74, 6) is -2.39. The zero-order valence-electron chi connectivity index (χ0n) is 28.1. The zero-order chi connectivity index (χ0) is 37.6. The van der Waals surface area contributed by atoms with Gasteiger partial charge in [-0.25, -0.2) is 9.59 Å². The summed E-state index contributed by atoms with van der Waals surface area (Å²) < 4.78 is 55.2. The highest BCUT2D eigenvalue weighted by Gasteiger charge is 2.61. The van der Waals surface area contributed by atoms with Gasteiger partial charge in [-0.15, -0.1) is 0 Å². The second-order valence-corrected chi connectivity index (χ2v) is 14.7. The molecule has 0 radical (unpaired) electrons. The van der Waals surface area contributed by atoms with E-state index >= 15 is 0 Å². The van der Waals surface area contributed by atoms with Crippen LogP contribution in [0.5, 0.6) is 5.75 Å². The Morgan fingerprint density at radius 2 is 1.69 bits per heavy atom. The molecule has 2 aromatic rings. The monoisotopic (exact) mass is 757 g/mol. The Bertz CT molecular complexity index is 1780. The quantitative estimate of drug-likeness (QED) is 0.109. The van der Waals surface area contributed by atoms with Gasteiger partial charge in [0.2, 0.25) is 12.7 Å².